The first-order valence-corrected chi connectivity index (χ1v) is 3.12. The highest BCUT2D eigenvalue weighted by Gasteiger charge is 2.00. The van der Waals surface area contributed by atoms with Crippen LogP contribution >= 0.6 is 0 Å². The molecule has 2 nitrogen and oxygen atoms in total. The second-order valence-corrected chi connectivity index (χ2v) is 2.14. The van der Waals surface area contributed by atoms with Crippen molar-refractivity contribution in [1.29, 1.82) is 0 Å². The summed E-state index contributed by atoms with van der Waals surface area (Å²) in [6.45, 7) is -0.556. The third kappa shape index (κ3) is 1.77. The first-order chi connectivity index (χ1) is 5.24. The lowest BCUT2D eigenvalue weighted by Gasteiger charge is -1.94. The SMILES string of the molecule is O=C(O)c1ccc(C[18F])cc1. The summed E-state index contributed by atoms with van der Waals surface area (Å²) in [6, 6.07) is 5.70. The zero-order chi connectivity index (χ0) is 8.27. The van der Waals surface area contributed by atoms with E-state index >= 15 is 0 Å². The molecule has 58 valence electrons. The predicted octanol–water partition coefficient (Wildman–Crippen LogP) is 1.85. The smallest absolute Gasteiger partial charge is 0.335 e. The second kappa shape index (κ2) is 3.14. The Hall–Kier alpha value is -1.38. The number of alkyl halides is 1. The van der Waals surface area contributed by atoms with E-state index in [2.05, 4.69) is 0 Å². The number of carbonyl (C=O) groups is 1. The number of aromatic carboxylic acids is 1. The third-order valence-electron chi connectivity index (χ3n) is 1.36. The minimum atomic E-state index is -0.990. The van der Waals surface area contributed by atoms with Gasteiger partial charge in [0.25, 0.3) is 0 Å². The van der Waals surface area contributed by atoms with E-state index in [1.54, 1.807) is 0 Å². The second-order valence-electron chi connectivity index (χ2n) is 2.14. The maximum absolute atomic E-state index is 11.9. The summed E-state index contributed by atoms with van der Waals surface area (Å²) in [5.41, 5.74) is 0.678. The molecule has 0 aliphatic heterocycles. The fourth-order valence-corrected chi connectivity index (χ4v) is 0.736. The Morgan fingerprint density at radius 3 is 2.27 bits per heavy atom. The van der Waals surface area contributed by atoms with Gasteiger partial charge in [-0.3, -0.25) is 0 Å². The van der Waals surface area contributed by atoms with Crippen LogP contribution < -0.4 is 0 Å². The Labute approximate surface area is 63.3 Å². The number of carboxylic acid groups (broad SMARTS) is 1. The lowest BCUT2D eigenvalue weighted by molar-refractivity contribution is 0.0697. The lowest BCUT2D eigenvalue weighted by Crippen LogP contribution is -1.95. The van der Waals surface area contributed by atoms with Gasteiger partial charge >= 0.3 is 5.97 Å². The van der Waals surface area contributed by atoms with Crippen molar-refractivity contribution in [3.63, 3.8) is 0 Å². The van der Waals surface area contributed by atoms with E-state index in [1.807, 2.05) is 0 Å². The molecule has 0 unspecified atom stereocenters. The number of hydrogen-bond acceptors (Lipinski definition) is 1. The largest absolute Gasteiger partial charge is 0.478 e. The number of benzene rings is 1. The van der Waals surface area contributed by atoms with Gasteiger partial charge in [0.05, 0.1) is 5.56 Å². The molecule has 1 N–H and O–H groups in total. The van der Waals surface area contributed by atoms with Crippen LogP contribution in [0.4, 0.5) is 4.39 Å². The number of rotatable bonds is 2. The van der Waals surface area contributed by atoms with Crippen molar-refractivity contribution < 1.29 is 14.3 Å². The molecular formula is C8H7FO2. The summed E-state index contributed by atoms with van der Waals surface area (Å²) < 4.78 is 11.9. The van der Waals surface area contributed by atoms with Gasteiger partial charge in [-0.15, -0.1) is 0 Å². The van der Waals surface area contributed by atoms with Gasteiger partial charge in [0.2, 0.25) is 0 Å². The number of carboxylic acids is 1. The van der Waals surface area contributed by atoms with Crippen LogP contribution in [-0.4, -0.2) is 11.1 Å². The Kier molecular flexibility index (Phi) is 2.21. The molecule has 3 heteroatoms. The normalized spacial score (nSPS) is 9.55. The Morgan fingerprint density at radius 2 is 1.91 bits per heavy atom. The first-order valence-electron chi connectivity index (χ1n) is 3.12. The van der Waals surface area contributed by atoms with Crippen LogP contribution in [0.1, 0.15) is 15.9 Å². The molecule has 0 saturated heterocycles. The van der Waals surface area contributed by atoms with Crippen molar-refractivity contribution in [3.8, 4) is 0 Å². The third-order valence-corrected chi connectivity index (χ3v) is 1.36. The molecular weight excluding hydrogens is 146 g/mol. The van der Waals surface area contributed by atoms with E-state index in [0.29, 0.717) is 5.56 Å². The molecule has 11 heavy (non-hydrogen) atoms. The molecule has 0 radical (unpaired) electrons. The van der Waals surface area contributed by atoms with Crippen LogP contribution in [0, 0.1) is 0 Å². The van der Waals surface area contributed by atoms with Gasteiger partial charge < -0.3 is 5.11 Å². The van der Waals surface area contributed by atoms with Gasteiger partial charge in [-0.1, -0.05) is 12.1 Å². The van der Waals surface area contributed by atoms with Crippen molar-refractivity contribution in [1.82, 2.24) is 0 Å². The van der Waals surface area contributed by atoms with Crippen LogP contribution in [0.3, 0.4) is 0 Å². The van der Waals surface area contributed by atoms with Crippen LogP contribution in [-0.2, 0) is 6.67 Å². The Morgan fingerprint density at radius 1 is 1.36 bits per heavy atom. The minimum Gasteiger partial charge on any atom is -0.478 e. The monoisotopic (exact) mass is 153 g/mol. The molecule has 0 spiro atoms. The van der Waals surface area contributed by atoms with Gasteiger partial charge in [0.15, 0.2) is 0 Å². The molecule has 0 bridgehead atoms. The zero-order valence-electron chi connectivity index (χ0n) is 5.75. The average molecular weight is 153 g/mol. The molecule has 1 aromatic rings. The molecule has 1 rings (SSSR count). The molecule has 1 aromatic carbocycles. The van der Waals surface area contributed by atoms with E-state index < -0.39 is 12.6 Å². The lowest BCUT2D eigenvalue weighted by atomic mass is 10.1. The van der Waals surface area contributed by atoms with E-state index in [-0.39, 0.29) is 5.56 Å². The molecule has 0 aliphatic carbocycles. The van der Waals surface area contributed by atoms with Gasteiger partial charge in [-0.05, 0) is 17.7 Å². The Bertz CT molecular complexity index is 253. The first kappa shape index (κ1) is 7.72. The summed E-state index contributed by atoms with van der Waals surface area (Å²) in [6.07, 6.45) is 0. The summed E-state index contributed by atoms with van der Waals surface area (Å²) in [5, 5.41) is 8.45. The predicted molar refractivity (Wildman–Crippen MR) is 38.2 cm³/mol. The summed E-state index contributed by atoms with van der Waals surface area (Å²) in [5.74, 6) is -0.990. The van der Waals surface area contributed by atoms with E-state index in [0.717, 1.165) is 0 Å². The standard InChI is InChI=1S/C8H7FO2/c9-5-6-1-3-7(4-2-6)8(10)11/h1-4H,5H2,(H,10,11)/i9-1. The summed E-state index contributed by atoms with van der Waals surface area (Å²) in [4.78, 5) is 10.3. The van der Waals surface area contributed by atoms with E-state index in [1.165, 1.54) is 24.3 Å². The molecule has 0 amide bonds. The van der Waals surface area contributed by atoms with Crippen LogP contribution in [0.25, 0.3) is 0 Å². The fourth-order valence-electron chi connectivity index (χ4n) is 0.736. The molecule has 0 atom stereocenters. The molecule has 0 aromatic heterocycles. The zero-order valence-corrected chi connectivity index (χ0v) is 5.75. The van der Waals surface area contributed by atoms with Crippen molar-refractivity contribution >= 4 is 5.97 Å². The van der Waals surface area contributed by atoms with Gasteiger partial charge in [-0.25, -0.2) is 9.18 Å². The number of halogens is 1. The van der Waals surface area contributed by atoms with Crippen LogP contribution in [0.5, 0.6) is 0 Å². The summed E-state index contributed by atoms with van der Waals surface area (Å²) in [7, 11) is 0. The highest BCUT2D eigenvalue weighted by atomic mass is 18.2. The topological polar surface area (TPSA) is 37.3 Å². The summed E-state index contributed by atoms with van der Waals surface area (Å²) >= 11 is 0. The molecule has 0 fully saturated rings. The Balaban J connectivity index is 2.91. The van der Waals surface area contributed by atoms with Crippen molar-refractivity contribution in [2.45, 2.75) is 6.67 Å². The van der Waals surface area contributed by atoms with Crippen LogP contribution in [0.15, 0.2) is 24.3 Å². The van der Waals surface area contributed by atoms with Crippen LogP contribution in [0.2, 0.25) is 0 Å². The highest BCUT2D eigenvalue weighted by molar-refractivity contribution is 5.87. The molecule has 0 heterocycles. The maximum Gasteiger partial charge on any atom is 0.335 e. The fraction of sp³-hybridized carbons (Fsp3) is 0.125. The van der Waals surface area contributed by atoms with Crippen molar-refractivity contribution in [3.05, 3.63) is 35.4 Å². The number of hydrogen-bond donors (Lipinski definition) is 1. The van der Waals surface area contributed by atoms with Gasteiger partial charge in [-0.2, -0.15) is 0 Å². The van der Waals surface area contributed by atoms with E-state index in [9.17, 15) is 9.18 Å². The van der Waals surface area contributed by atoms with Gasteiger partial charge in [0.1, 0.15) is 6.67 Å². The van der Waals surface area contributed by atoms with E-state index in [4.69, 9.17) is 5.11 Å². The average Bonchev–Trinajstić information content (AvgIpc) is 2.05. The highest BCUT2D eigenvalue weighted by Crippen LogP contribution is 2.04. The maximum atomic E-state index is 11.9. The van der Waals surface area contributed by atoms with Crippen molar-refractivity contribution in [2.24, 2.45) is 0 Å². The molecule has 0 saturated carbocycles. The van der Waals surface area contributed by atoms with Crippen molar-refractivity contribution in [2.75, 3.05) is 0 Å². The van der Waals surface area contributed by atoms with Gasteiger partial charge in [0, 0.05) is 0 Å². The minimum absolute atomic E-state index is 0.183. The quantitative estimate of drug-likeness (QED) is 0.704. The molecule has 0 aliphatic rings.